The fourth-order valence-corrected chi connectivity index (χ4v) is 5.63. The number of imidazole rings is 2. The van der Waals surface area contributed by atoms with Gasteiger partial charge in [-0.1, -0.05) is 24.0 Å². The third kappa shape index (κ3) is 7.81. The molecule has 0 aliphatic carbocycles. The van der Waals surface area contributed by atoms with Crippen molar-refractivity contribution in [2.75, 3.05) is 38.3 Å². The quantitative estimate of drug-likeness (QED) is 0.141. The summed E-state index contributed by atoms with van der Waals surface area (Å²) in [6.45, 7) is 7.38. The average molecular weight is 673 g/mol. The zero-order chi connectivity index (χ0) is 35.5. The summed E-state index contributed by atoms with van der Waals surface area (Å²) in [6, 6.07) is 5.96. The van der Waals surface area contributed by atoms with Crippen LogP contribution in [-0.2, 0) is 17.8 Å². The molecule has 2 aromatic heterocycles. The maximum atomic E-state index is 12.4. The number of likely N-dealkylation sites (tertiary alicyclic amines) is 1. The number of carbonyl (C=O) groups is 3. The van der Waals surface area contributed by atoms with Gasteiger partial charge in [-0.25, -0.2) is 19.6 Å². The van der Waals surface area contributed by atoms with Crippen LogP contribution in [0.1, 0.15) is 54.3 Å². The lowest BCUT2D eigenvalue weighted by molar-refractivity contribution is 0.0288. The molecule has 3 heterocycles. The summed E-state index contributed by atoms with van der Waals surface area (Å²) in [5.74, 6) is 5.73. The molecule has 15 nitrogen and oxygen atoms in total. The van der Waals surface area contributed by atoms with Gasteiger partial charge in [0.15, 0.2) is 0 Å². The van der Waals surface area contributed by atoms with E-state index in [-0.39, 0.29) is 41.6 Å². The van der Waals surface area contributed by atoms with Crippen LogP contribution in [0.15, 0.2) is 36.4 Å². The first kappa shape index (κ1) is 34.4. The minimum absolute atomic E-state index is 0.0379. The minimum atomic E-state index is -1.10. The maximum absolute atomic E-state index is 12.4. The number of nitrogens with zero attached hydrogens (tertiary/aromatic N) is 5. The number of hydrogen-bond donors (Lipinski definition) is 4. The van der Waals surface area contributed by atoms with Gasteiger partial charge >= 0.3 is 12.1 Å². The Morgan fingerprint density at radius 1 is 0.959 bits per heavy atom. The van der Waals surface area contributed by atoms with Gasteiger partial charge in [-0.3, -0.25) is 4.79 Å². The molecular formula is C34H40N8O7. The predicted octanol–water partition coefficient (Wildman–Crippen LogP) is 3.64. The van der Waals surface area contributed by atoms with Crippen molar-refractivity contribution in [2.24, 2.45) is 11.7 Å². The largest absolute Gasteiger partial charge is 0.494 e. The molecule has 7 N–H and O–H groups in total. The topological polar surface area (TPSA) is 216 Å². The van der Waals surface area contributed by atoms with Gasteiger partial charge in [0.2, 0.25) is 17.8 Å². The van der Waals surface area contributed by atoms with Crippen molar-refractivity contribution >= 4 is 51.9 Å². The Morgan fingerprint density at radius 2 is 1.55 bits per heavy atom. The van der Waals surface area contributed by atoms with Crippen LogP contribution >= 0.6 is 0 Å². The Hall–Kier alpha value is -5.91. The first-order valence-electron chi connectivity index (χ1n) is 15.6. The third-order valence-electron chi connectivity index (χ3n) is 7.92. The smallest absolute Gasteiger partial charge is 0.410 e. The van der Waals surface area contributed by atoms with Gasteiger partial charge in [0.05, 0.1) is 23.7 Å². The number of benzene rings is 2. The number of methoxy groups -OCH3 is 1. The maximum Gasteiger partial charge on any atom is 0.410 e. The molecule has 4 aromatic rings. The highest BCUT2D eigenvalue weighted by Crippen LogP contribution is 2.31. The highest BCUT2D eigenvalue weighted by atomic mass is 16.6. The molecule has 15 heteroatoms. The van der Waals surface area contributed by atoms with Crippen molar-refractivity contribution in [1.82, 2.24) is 24.0 Å². The lowest BCUT2D eigenvalue weighted by Crippen LogP contribution is -2.35. The van der Waals surface area contributed by atoms with E-state index in [1.54, 1.807) is 26.2 Å². The molecule has 0 radical (unpaired) electrons. The number of aromatic nitrogens is 4. The number of aromatic carboxylic acids is 1. The molecule has 0 bridgehead atoms. The number of hydrogen-bond acceptors (Lipinski definition) is 10. The average Bonchev–Trinajstić information content (AvgIpc) is 3.72. The molecule has 5 rings (SSSR count). The van der Waals surface area contributed by atoms with Crippen LogP contribution in [0.4, 0.5) is 16.7 Å². The van der Waals surface area contributed by atoms with Crippen molar-refractivity contribution in [3.05, 3.63) is 47.5 Å². The molecule has 49 heavy (non-hydrogen) atoms. The fraction of sp³-hybridized carbons (Fsp3) is 0.382. The summed E-state index contributed by atoms with van der Waals surface area (Å²) in [7, 11) is 1.45. The molecule has 1 saturated heterocycles. The number of carboxylic acids is 1. The number of allylic oxidation sites excluding steroid dienone is 2. The zero-order valence-corrected chi connectivity index (χ0v) is 27.9. The van der Waals surface area contributed by atoms with E-state index < -0.39 is 17.5 Å². The van der Waals surface area contributed by atoms with Gasteiger partial charge in [-0.15, -0.1) is 0 Å². The Labute approximate surface area is 282 Å². The van der Waals surface area contributed by atoms with Gasteiger partial charge in [-0.2, -0.15) is 0 Å². The van der Waals surface area contributed by atoms with Gasteiger partial charge in [0.25, 0.3) is 0 Å². The van der Waals surface area contributed by atoms with E-state index in [9.17, 15) is 19.5 Å². The summed E-state index contributed by atoms with van der Waals surface area (Å²) in [4.78, 5) is 46.4. The lowest BCUT2D eigenvalue weighted by Gasteiger charge is -2.24. The SMILES string of the molecule is COc1cc(C(=O)O)cc2nc(N)n(C/C=C/Cn3c(N)nc4cc(C(N)=O)cc(OCC#CCC5CCN(C(=O)OC(C)(C)C)C5)c43)c12. The predicted molar refractivity (Wildman–Crippen MR) is 183 cm³/mol. The Bertz CT molecular complexity index is 2010. The molecule has 0 spiro atoms. The fourth-order valence-electron chi connectivity index (χ4n) is 5.63. The van der Waals surface area contributed by atoms with Gasteiger partial charge < -0.3 is 50.6 Å². The first-order valence-corrected chi connectivity index (χ1v) is 15.6. The van der Waals surface area contributed by atoms with Gasteiger partial charge in [-0.05, 0) is 57.4 Å². The van der Waals surface area contributed by atoms with Crippen molar-refractivity contribution in [3.63, 3.8) is 0 Å². The van der Waals surface area contributed by atoms with Crippen LogP contribution in [0.25, 0.3) is 22.1 Å². The van der Waals surface area contributed by atoms with E-state index in [1.807, 2.05) is 32.9 Å². The number of ether oxygens (including phenoxy) is 3. The summed E-state index contributed by atoms with van der Waals surface area (Å²) in [5.41, 5.74) is 19.7. The molecule has 2 amide bonds. The molecule has 258 valence electrons. The molecule has 1 aliphatic heterocycles. The van der Waals surface area contributed by atoms with Crippen LogP contribution in [0.5, 0.6) is 11.5 Å². The number of nitrogen functional groups attached to an aromatic ring is 2. The normalized spacial score (nSPS) is 14.7. The summed E-state index contributed by atoms with van der Waals surface area (Å²) in [5, 5.41) is 9.42. The van der Waals surface area contributed by atoms with Crippen LogP contribution in [0.3, 0.4) is 0 Å². The minimum Gasteiger partial charge on any atom is -0.494 e. The van der Waals surface area contributed by atoms with Crippen molar-refractivity contribution in [1.29, 1.82) is 0 Å². The van der Waals surface area contributed by atoms with Crippen LogP contribution in [0, 0.1) is 17.8 Å². The van der Waals surface area contributed by atoms with Gasteiger partial charge in [0, 0.05) is 38.2 Å². The molecular weight excluding hydrogens is 632 g/mol. The number of carbonyl (C=O) groups excluding carboxylic acids is 2. The van der Waals surface area contributed by atoms with E-state index in [0.717, 1.165) is 6.42 Å². The Morgan fingerprint density at radius 3 is 2.12 bits per heavy atom. The van der Waals surface area contributed by atoms with Crippen molar-refractivity contribution < 1.29 is 33.7 Å². The second kappa shape index (κ2) is 14.1. The number of primary amides is 1. The number of amides is 2. The summed E-state index contributed by atoms with van der Waals surface area (Å²) >= 11 is 0. The lowest BCUT2D eigenvalue weighted by atomic mass is 10.1. The monoisotopic (exact) mass is 672 g/mol. The van der Waals surface area contributed by atoms with E-state index in [1.165, 1.54) is 19.2 Å². The number of carboxylic acid groups (broad SMARTS) is 1. The number of anilines is 2. The number of rotatable bonds is 10. The zero-order valence-electron chi connectivity index (χ0n) is 27.9. The summed E-state index contributed by atoms with van der Waals surface area (Å²) in [6.07, 6.45) is 4.83. The highest BCUT2D eigenvalue weighted by Gasteiger charge is 2.29. The Balaban J connectivity index is 1.29. The molecule has 2 aromatic carbocycles. The van der Waals surface area contributed by atoms with Crippen molar-refractivity contribution in [2.45, 2.75) is 52.3 Å². The van der Waals surface area contributed by atoms with Gasteiger partial charge in [0.1, 0.15) is 34.7 Å². The molecule has 0 saturated carbocycles. The second-order valence-electron chi connectivity index (χ2n) is 12.6. The van der Waals surface area contributed by atoms with E-state index in [4.69, 9.17) is 31.4 Å². The highest BCUT2D eigenvalue weighted by molar-refractivity contribution is 5.99. The molecule has 1 unspecified atom stereocenters. The number of nitrogens with two attached hydrogens (primary N) is 3. The standard InChI is InChI=1S/C34H40N8O7/c1-34(2,3)49-33(46)40-13-10-20(19-40)9-5-8-14-48-26-17-21(29(35)43)15-23-28(26)42(32(37)38-23)12-7-6-11-41-27-24(39-31(41)36)16-22(30(44)45)18-25(27)47-4/h6-7,15-18,20H,9-14,19H2,1-4H3,(H2,35,43)(H2,36,39)(H2,37,38)(H,44,45)/b7-6+. The van der Waals surface area contributed by atoms with E-state index >= 15 is 0 Å². The van der Waals surface area contributed by atoms with E-state index in [0.29, 0.717) is 66.2 Å². The number of fused-ring (bicyclic) bond motifs is 2. The second-order valence-corrected chi connectivity index (χ2v) is 12.6. The molecule has 1 atom stereocenters. The van der Waals surface area contributed by atoms with Crippen LogP contribution in [0.2, 0.25) is 0 Å². The van der Waals surface area contributed by atoms with Crippen LogP contribution in [-0.4, -0.2) is 79.5 Å². The third-order valence-corrected chi connectivity index (χ3v) is 7.92. The molecule has 1 fully saturated rings. The Kier molecular flexibility index (Phi) is 9.88. The first-order chi connectivity index (χ1) is 23.3. The van der Waals surface area contributed by atoms with E-state index in [2.05, 4.69) is 21.8 Å². The van der Waals surface area contributed by atoms with Crippen LogP contribution < -0.4 is 26.7 Å². The molecule has 1 aliphatic rings. The summed E-state index contributed by atoms with van der Waals surface area (Å²) < 4.78 is 20.4. The van der Waals surface area contributed by atoms with Crippen molar-refractivity contribution in [3.8, 4) is 23.3 Å².